The second kappa shape index (κ2) is 4.01. The van der Waals surface area contributed by atoms with Gasteiger partial charge in [0.15, 0.2) is 0 Å². The predicted molar refractivity (Wildman–Crippen MR) is 55.4 cm³/mol. The number of aromatic nitrogens is 3. The molecule has 0 saturated carbocycles. The fourth-order valence-electron chi connectivity index (χ4n) is 1.38. The van der Waals surface area contributed by atoms with Crippen LogP contribution >= 0.6 is 0 Å². The van der Waals surface area contributed by atoms with E-state index in [1.54, 1.807) is 12.1 Å². The summed E-state index contributed by atoms with van der Waals surface area (Å²) in [6, 6.07) is 6.43. The Morgan fingerprint density at radius 3 is 2.94 bits per heavy atom. The largest absolute Gasteiger partial charge is 0.478 e. The van der Waals surface area contributed by atoms with Crippen LogP contribution < -0.4 is 5.69 Å². The van der Waals surface area contributed by atoms with Crippen LogP contribution in [0.3, 0.4) is 0 Å². The van der Waals surface area contributed by atoms with Gasteiger partial charge in [-0.05, 0) is 17.7 Å². The van der Waals surface area contributed by atoms with Crippen molar-refractivity contribution in [3.63, 3.8) is 0 Å². The van der Waals surface area contributed by atoms with Gasteiger partial charge in [0, 0.05) is 0 Å². The standard InChI is InChI=1S/C10H9N3O3/c14-9(15)8-3-1-2-7(4-8)5-13-6-11-12-10(13)16/h1-4,6H,5H2,(H,12,16)(H,14,15). The number of carboxylic acid groups (broad SMARTS) is 1. The second-order valence-electron chi connectivity index (χ2n) is 3.29. The molecule has 6 nitrogen and oxygen atoms in total. The van der Waals surface area contributed by atoms with Crippen molar-refractivity contribution in [3.05, 3.63) is 52.2 Å². The Labute approximate surface area is 90.2 Å². The molecule has 0 spiro atoms. The number of aromatic carboxylic acids is 1. The Kier molecular flexibility index (Phi) is 2.55. The maximum absolute atomic E-state index is 11.2. The Balaban J connectivity index is 2.29. The van der Waals surface area contributed by atoms with Crippen molar-refractivity contribution >= 4 is 5.97 Å². The molecular weight excluding hydrogens is 210 g/mol. The summed E-state index contributed by atoms with van der Waals surface area (Å²) in [7, 11) is 0. The van der Waals surface area contributed by atoms with Gasteiger partial charge < -0.3 is 5.11 Å². The zero-order valence-electron chi connectivity index (χ0n) is 8.25. The number of nitrogens with zero attached hydrogens (tertiary/aromatic N) is 2. The average molecular weight is 219 g/mol. The van der Waals surface area contributed by atoms with Gasteiger partial charge in [-0.2, -0.15) is 5.10 Å². The number of carboxylic acids is 1. The molecule has 0 aliphatic rings. The minimum Gasteiger partial charge on any atom is -0.478 e. The van der Waals surface area contributed by atoms with Gasteiger partial charge in [-0.25, -0.2) is 14.7 Å². The van der Waals surface area contributed by atoms with Gasteiger partial charge in [0.25, 0.3) is 0 Å². The molecule has 1 aromatic carbocycles. The Hall–Kier alpha value is -2.37. The molecule has 0 bridgehead atoms. The summed E-state index contributed by atoms with van der Waals surface area (Å²) >= 11 is 0. The minimum atomic E-state index is -0.985. The molecule has 1 aromatic heterocycles. The summed E-state index contributed by atoms with van der Waals surface area (Å²) in [5.74, 6) is -0.985. The third kappa shape index (κ3) is 2.00. The summed E-state index contributed by atoms with van der Waals surface area (Å²) < 4.78 is 1.36. The van der Waals surface area contributed by atoms with E-state index in [1.807, 2.05) is 0 Å². The molecule has 0 saturated heterocycles. The third-order valence-electron chi connectivity index (χ3n) is 2.15. The highest BCUT2D eigenvalue weighted by Gasteiger charge is 2.04. The topological polar surface area (TPSA) is 88.0 Å². The summed E-state index contributed by atoms with van der Waals surface area (Å²) in [5.41, 5.74) is 0.623. The van der Waals surface area contributed by atoms with E-state index in [0.717, 1.165) is 5.56 Å². The molecule has 0 aliphatic heterocycles. The molecule has 0 amide bonds. The lowest BCUT2D eigenvalue weighted by Gasteiger charge is -2.02. The molecule has 82 valence electrons. The lowest BCUT2D eigenvalue weighted by Crippen LogP contribution is -2.16. The van der Waals surface area contributed by atoms with E-state index in [9.17, 15) is 9.59 Å². The fourth-order valence-corrected chi connectivity index (χ4v) is 1.38. The van der Waals surface area contributed by atoms with E-state index in [0.29, 0.717) is 6.54 Å². The van der Waals surface area contributed by atoms with Gasteiger partial charge in [0.05, 0.1) is 12.1 Å². The van der Waals surface area contributed by atoms with Crippen molar-refractivity contribution in [2.24, 2.45) is 0 Å². The second-order valence-corrected chi connectivity index (χ2v) is 3.29. The first-order valence-electron chi connectivity index (χ1n) is 4.59. The number of hydrogen-bond acceptors (Lipinski definition) is 3. The van der Waals surface area contributed by atoms with Crippen molar-refractivity contribution < 1.29 is 9.90 Å². The summed E-state index contributed by atoms with van der Waals surface area (Å²) in [5, 5.41) is 14.7. The number of aromatic amines is 1. The Morgan fingerprint density at radius 2 is 2.31 bits per heavy atom. The number of H-pyrrole nitrogens is 1. The SMILES string of the molecule is O=C(O)c1cccc(Cn2cn[nH]c2=O)c1. The summed E-state index contributed by atoms with van der Waals surface area (Å²) in [4.78, 5) is 21.9. The first-order valence-corrected chi connectivity index (χ1v) is 4.59. The fraction of sp³-hybridized carbons (Fsp3) is 0.100. The van der Waals surface area contributed by atoms with Crippen LogP contribution in [-0.2, 0) is 6.54 Å². The highest BCUT2D eigenvalue weighted by atomic mass is 16.4. The average Bonchev–Trinajstić information content (AvgIpc) is 2.65. The van der Waals surface area contributed by atoms with E-state index >= 15 is 0 Å². The zero-order valence-corrected chi connectivity index (χ0v) is 8.25. The number of carbonyl (C=O) groups is 1. The van der Waals surface area contributed by atoms with Crippen molar-refractivity contribution in [3.8, 4) is 0 Å². The van der Waals surface area contributed by atoms with Gasteiger partial charge >= 0.3 is 11.7 Å². The quantitative estimate of drug-likeness (QED) is 0.778. The van der Waals surface area contributed by atoms with Crippen LogP contribution in [0.25, 0.3) is 0 Å². The van der Waals surface area contributed by atoms with Crippen LogP contribution in [0.1, 0.15) is 15.9 Å². The lowest BCUT2D eigenvalue weighted by atomic mass is 10.1. The maximum atomic E-state index is 11.2. The predicted octanol–water partition coefficient (Wildman–Crippen LogP) is 0.318. The Bertz CT molecular complexity index is 570. The normalized spacial score (nSPS) is 10.2. The van der Waals surface area contributed by atoms with Crippen LogP contribution in [0, 0.1) is 0 Å². The zero-order chi connectivity index (χ0) is 11.5. The molecule has 1 heterocycles. The molecule has 2 N–H and O–H groups in total. The first kappa shape index (κ1) is 10.2. The number of nitrogens with one attached hydrogen (secondary N) is 1. The van der Waals surface area contributed by atoms with Gasteiger partial charge in [0.1, 0.15) is 6.33 Å². The van der Waals surface area contributed by atoms with Crippen LogP contribution in [0.2, 0.25) is 0 Å². The lowest BCUT2D eigenvalue weighted by molar-refractivity contribution is 0.0697. The van der Waals surface area contributed by atoms with E-state index in [4.69, 9.17) is 5.11 Å². The van der Waals surface area contributed by atoms with E-state index in [-0.39, 0.29) is 11.3 Å². The number of benzene rings is 1. The number of rotatable bonds is 3. The molecule has 0 atom stereocenters. The molecule has 0 unspecified atom stereocenters. The van der Waals surface area contributed by atoms with Crippen LogP contribution in [0.4, 0.5) is 0 Å². The van der Waals surface area contributed by atoms with Crippen LogP contribution in [0.5, 0.6) is 0 Å². The first-order chi connectivity index (χ1) is 7.66. The molecule has 0 fully saturated rings. The molecule has 0 aliphatic carbocycles. The monoisotopic (exact) mass is 219 g/mol. The third-order valence-corrected chi connectivity index (χ3v) is 2.15. The minimum absolute atomic E-state index is 0.203. The highest BCUT2D eigenvalue weighted by Crippen LogP contribution is 2.06. The smallest absolute Gasteiger partial charge is 0.343 e. The van der Waals surface area contributed by atoms with Crippen molar-refractivity contribution in [1.82, 2.24) is 14.8 Å². The van der Waals surface area contributed by atoms with Gasteiger partial charge in [-0.1, -0.05) is 12.1 Å². The van der Waals surface area contributed by atoms with Crippen molar-refractivity contribution in [2.45, 2.75) is 6.54 Å². The van der Waals surface area contributed by atoms with E-state index in [1.165, 1.54) is 23.0 Å². The van der Waals surface area contributed by atoms with Crippen molar-refractivity contribution in [1.29, 1.82) is 0 Å². The molecule has 16 heavy (non-hydrogen) atoms. The number of hydrogen-bond donors (Lipinski definition) is 2. The molecule has 2 aromatic rings. The van der Waals surface area contributed by atoms with Crippen LogP contribution in [-0.4, -0.2) is 25.8 Å². The van der Waals surface area contributed by atoms with Gasteiger partial charge in [0.2, 0.25) is 0 Å². The molecule has 0 radical (unpaired) electrons. The Morgan fingerprint density at radius 1 is 1.50 bits per heavy atom. The van der Waals surface area contributed by atoms with E-state index in [2.05, 4.69) is 10.2 Å². The van der Waals surface area contributed by atoms with E-state index < -0.39 is 5.97 Å². The maximum Gasteiger partial charge on any atom is 0.343 e. The molecular formula is C10H9N3O3. The summed E-state index contributed by atoms with van der Waals surface area (Å²) in [6.07, 6.45) is 1.37. The van der Waals surface area contributed by atoms with Gasteiger partial charge in [-0.3, -0.25) is 4.57 Å². The van der Waals surface area contributed by atoms with Crippen molar-refractivity contribution in [2.75, 3.05) is 0 Å². The summed E-state index contributed by atoms with van der Waals surface area (Å²) in [6.45, 7) is 0.302. The van der Waals surface area contributed by atoms with Gasteiger partial charge in [-0.15, -0.1) is 0 Å². The molecule has 6 heteroatoms. The molecule has 2 rings (SSSR count). The highest BCUT2D eigenvalue weighted by molar-refractivity contribution is 5.87. The van der Waals surface area contributed by atoms with Crippen LogP contribution in [0.15, 0.2) is 35.4 Å².